The number of para-hydroxylation sites is 1. The molecule has 0 unspecified atom stereocenters. The maximum Gasteiger partial charge on any atom is 0.342 e. The van der Waals surface area contributed by atoms with Crippen molar-refractivity contribution >= 4 is 22.6 Å². The van der Waals surface area contributed by atoms with Gasteiger partial charge in [-0.05, 0) is 47.4 Å². The number of H-pyrrole nitrogens is 1. The molecule has 1 aliphatic rings. The van der Waals surface area contributed by atoms with Gasteiger partial charge < -0.3 is 14.5 Å². The minimum Gasteiger partial charge on any atom is -0.488 e. The highest BCUT2D eigenvalue weighted by Gasteiger charge is 2.23. The average molecular weight is 487 g/mol. The van der Waals surface area contributed by atoms with Gasteiger partial charge in [0, 0.05) is 23.0 Å². The second-order valence-electron chi connectivity index (χ2n) is 9.05. The Labute approximate surface area is 215 Å². The fourth-order valence-corrected chi connectivity index (χ4v) is 4.75. The number of rotatable bonds is 7. The number of aromatic nitrogens is 1. The highest BCUT2D eigenvalue weighted by atomic mass is 16.5. The van der Waals surface area contributed by atoms with Crippen molar-refractivity contribution in [1.82, 2.24) is 4.98 Å². The number of aromatic amines is 1. The maximum absolute atomic E-state index is 13.3. The number of benzene rings is 4. The van der Waals surface area contributed by atoms with Crippen LogP contribution in [0.4, 0.5) is 0 Å². The number of ether oxygens (including phenoxy) is 2. The second kappa shape index (κ2) is 10.2. The topological polar surface area (TPSA) is 63.7 Å². The van der Waals surface area contributed by atoms with E-state index in [0.29, 0.717) is 24.5 Å². The molecule has 5 heteroatoms. The minimum absolute atomic E-state index is 0.190. The van der Waals surface area contributed by atoms with E-state index in [4.69, 9.17) is 14.5 Å². The quantitative estimate of drug-likeness (QED) is 0.267. The molecule has 182 valence electrons. The lowest BCUT2D eigenvalue weighted by molar-refractivity contribution is 0.0467. The summed E-state index contributed by atoms with van der Waals surface area (Å²) in [5.41, 5.74) is 7.40. The third-order valence-corrected chi connectivity index (χ3v) is 6.60. The van der Waals surface area contributed by atoms with Crippen LogP contribution in [-0.2, 0) is 24.4 Å². The Morgan fingerprint density at radius 3 is 2.30 bits per heavy atom. The molecule has 0 spiro atoms. The summed E-state index contributed by atoms with van der Waals surface area (Å²) in [6.07, 6.45) is 0.882. The summed E-state index contributed by atoms with van der Waals surface area (Å²) in [5, 5.41) is 1.22. The van der Waals surface area contributed by atoms with Crippen molar-refractivity contribution < 1.29 is 14.3 Å². The number of hydrogen-bond acceptors (Lipinski definition) is 4. The Kier molecular flexibility index (Phi) is 6.26. The number of esters is 1. The van der Waals surface area contributed by atoms with E-state index in [1.54, 1.807) is 0 Å². The van der Waals surface area contributed by atoms with Gasteiger partial charge in [0.2, 0.25) is 0 Å². The molecular formula is C32H26N2O3. The van der Waals surface area contributed by atoms with Gasteiger partial charge in [-0.25, -0.2) is 4.79 Å². The highest BCUT2D eigenvalue weighted by Crippen LogP contribution is 2.30. The average Bonchev–Trinajstić information content (AvgIpc) is 3.35. The largest absolute Gasteiger partial charge is 0.488 e. The first-order chi connectivity index (χ1) is 18.3. The molecule has 0 aliphatic carbocycles. The van der Waals surface area contributed by atoms with Gasteiger partial charge in [-0.2, -0.15) is 0 Å². The van der Waals surface area contributed by atoms with Gasteiger partial charge in [-0.15, -0.1) is 0 Å². The van der Waals surface area contributed by atoms with Crippen molar-refractivity contribution in [3.63, 3.8) is 0 Å². The molecule has 5 nitrogen and oxygen atoms in total. The number of carbonyl (C=O) groups excluding carboxylic acids is 1. The zero-order valence-corrected chi connectivity index (χ0v) is 20.3. The van der Waals surface area contributed by atoms with Gasteiger partial charge in [0.05, 0.1) is 11.4 Å². The van der Waals surface area contributed by atoms with Crippen LogP contribution >= 0.6 is 0 Å². The first-order valence-electron chi connectivity index (χ1n) is 12.4. The molecule has 1 aliphatic heterocycles. The molecule has 1 N–H and O–H groups in total. The van der Waals surface area contributed by atoms with Crippen molar-refractivity contribution in [1.29, 1.82) is 0 Å². The fraction of sp³-hybridized carbons (Fsp3) is 0.125. The Bertz CT molecular complexity index is 1590. The van der Waals surface area contributed by atoms with E-state index in [2.05, 4.69) is 23.2 Å². The molecule has 0 atom stereocenters. The van der Waals surface area contributed by atoms with Gasteiger partial charge in [-0.1, -0.05) is 78.9 Å². The third kappa shape index (κ3) is 4.76. The molecule has 37 heavy (non-hydrogen) atoms. The first kappa shape index (κ1) is 22.8. The normalized spacial score (nSPS) is 12.6. The van der Waals surface area contributed by atoms with Gasteiger partial charge >= 0.3 is 5.97 Å². The Morgan fingerprint density at radius 1 is 0.811 bits per heavy atom. The number of nitrogens with one attached hydrogen (secondary N) is 1. The SMILES string of the molecule is O=C(OCc1ccccc1)c1cc(C2=NCCc3c2[nH]c2ccccc32)ccc1OCc1ccccc1. The van der Waals surface area contributed by atoms with E-state index in [0.717, 1.165) is 40.0 Å². The fourth-order valence-electron chi connectivity index (χ4n) is 4.75. The molecule has 0 radical (unpaired) electrons. The summed E-state index contributed by atoms with van der Waals surface area (Å²) in [7, 11) is 0. The number of aliphatic imine (C=N–C) groups is 1. The zero-order chi connectivity index (χ0) is 25.0. The summed E-state index contributed by atoms with van der Waals surface area (Å²) in [4.78, 5) is 21.7. The summed E-state index contributed by atoms with van der Waals surface area (Å²) >= 11 is 0. The van der Waals surface area contributed by atoms with Crippen molar-refractivity contribution in [2.24, 2.45) is 4.99 Å². The predicted octanol–water partition coefficient (Wildman–Crippen LogP) is 6.50. The van der Waals surface area contributed by atoms with Gasteiger partial charge in [0.15, 0.2) is 0 Å². The molecule has 5 aromatic rings. The Balaban J connectivity index is 1.34. The summed E-state index contributed by atoms with van der Waals surface area (Å²) in [6, 6.07) is 33.5. The molecule has 0 bridgehead atoms. The van der Waals surface area contributed by atoms with Crippen LogP contribution in [-0.4, -0.2) is 23.2 Å². The predicted molar refractivity (Wildman–Crippen MR) is 145 cm³/mol. The smallest absolute Gasteiger partial charge is 0.342 e. The zero-order valence-electron chi connectivity index (χ0n) is 20.3. The molecule has 0 saturated carbocycles. The lowest BCUT2D eigenvalue weighted by atomic mass is 9.96. The number of carbonyl (C=O) groups is 1. The summed E-state index contributed by atoms with van der Waals surface area (Å²) < 4.78 is 11.8. The summed E-state index contributed by atoms with van der Waals surface area (Å²) in [6.45, 7) is 1.24. The van der Waals surface area contributed by atoms with Gasteiger partial charge in [-0.3, -0.25) is 4.99 Å². The lowest BCUT2D eigenvalue weighted by Crippen LogP contribution is -2.15. The van der Waals surface area contributed by atoms with E-state index < -0.39 is 5.97 Å². The van der Waals surface area contributed by atoms with Crippen LogP contribution in [0.1, 0.15) is 38.3 Å². The monoisotopic (exact) mass is 486 g/mol. The molecule has 6 rings (SSSR count). The van der Waals surface area contributed by atoms with Crippen LogP contribution in [0.5, 0.6) is 5.75 Å². The van der Waals surface area contributed by atoms with Crippen molar-refractivity contribution in [2.75, 3.05) is 6.54 Å². The van der Waals surface area contributed by atoms with E-state index in [-0.39, 0.29) is 6.61 Å². The Morgan fingerprint density at radius 2 is 1.51 bits per heavy atom. The third-order valence-electron chi connectivity index (χ3n) is 6.60. The van der Waals surface area contributed by atoms with E-state index in [1.165, 1.54) is 10.9 Å². The van der Waals surface area contributed by atoms with Crippen molar-refractivity contribution in [2.45, 2.75) is 19.6 Å². The Hall–Kier alpha value is -4.64. The molecule has 1 aromatic heterocycles. The van der Waals surface area contributed by atoms with Crippen molar-refractivity contribution in [3.05, 3.63) is 137 Å². The molecule has 0 fully saturated rings. The molecule has 2 heterocycles. The highest BCUT2D eigenvalue weighted by molar-refractivity contribution is 6.16. The molecule has 4 aromatic carbocycles. The van der Waals surface area contributed by atoms with E-state index in [9.17, 15) is 4.79 Å². The maximum atomic E-state index is 13.3. The van der Waals surface area contributed by atoms with Gasteiger partial charge in [0.25, 0.3) is 0 Å². The van der Waals surface area contributed by atoms with Crippen LogP contribution in [0.2, 0.25) is 0 Å². The van der Waals surface area contributed by atoms with Gasteiger partial charge in [0.1, 0.15) is 24.5 Å². The van der Waals surface area contributed by atoms with E-state index in [1.807, 2.05) is 84.9 Å². The molecule has 0 saturated heterocycles. The number of hydrogen-bond donors (Lipinski definition) is 1. The summed E-state index contributed by atoms with van der Waals surface area (Å²) in [5.74, 6) is 0.0565. The standard InChI is InChI=1S/C32H26N2O3/c35-32(37-21-23-11-5-2-6-12-23)27-19-24(15-16-29(27)36-20-22-9-3-1-4-10-22)30-31-26(17-18-33-30)25-13-7-8-14-28(25)34-31/h1-16,19,34H,17-18,20-21H2. The van der Waals surface area contributed by atoms with Crippen molar-refractivity contribution in [3.8, 4) is 5.75 Å². The lowest BCUT2D eigenvalue weighted by Gasteiger charge is -2.17. The van der Waals surface area contributed by atoms with Crippen LogP contribution in [0.25, 0.3) is 10.9 Å². The van der Waals surface area contributed by atoms with E-state index >= 15 is 0 Å². The number of fused-ring (bicyclic) bond motifs is 3. The molecule has 0 amide bonds. The van der Waals surface area contributed by atoms with Crippen LogP contribution < -0.4 is 4.74 Å². The van der Waals surface area contributed by atoms with Crippen LogP contribution in [0.15, 0.2) is 108 Å². The van der Waals surface area contributed by atoms with Crippen LogP contribution in [0, 0.1) is 0 Å². The second-order valence-corrected chi connectivity index (χ2v) is 9.05. The number of nitrogens with zero attached hydrogens (tertiary/aromatic N) is 1. The first-order valence-corrected chi connectivity index (χ1v) is 12.4. The van der Waals surface area contributed by atoms with Crippen LogP contribution in [0.3, 0.4) is 0 Å². The molecular weight excluding hydrogens is 460 g/mol. The minimum atomic E-state index is -0.429.